The highest BCUT2D eigenvalue weighted by atomic mass is 16.5. The molecule has 0 aliphatic heterocycles. The van der Waals surface area contributed by atoms with E-state index in [-0.39, 0.29) is 38.1 Å². The number of hydrogen-bond donors (Lipinski definition) is 2. The molecular weight excluding hydrogens is 446 g/mol. The van der Waals surface area contributed by atoms with Gasteiger partial charge in [0.2, 0.25) is 5.91 Å². The SMILES string of the molecule is CC(C)N(C[C@H](O)COc1cccc2ccccc12)C(=O)CCn1c(=O)[nH]c(=O)c2ccccc21. The number of fused-ring (bicyclic) bond motifs is 2. The normalized spacial score (nSPS) is 12.2. The van der Waals surface area contributed by atoms with Crippen LogP contribution in [0.3, 0.4) is 0 Å². The van der Waals surface area contributed by atoms with Gasteiger partial charge in [-0.3, -0.25) is 19.1 Å². The summed E-state index contributed by atoms with van der Waals surface area (Å²) in [5.74, 6) is 0.472. The molecule has 1 atom stereocenters. The molecule has 1 amide bonds. The summed E-state index contributed by atoms with van der Waals surface area (Å²) in [7, 11) is 0. The van der Waals surface area contributed by atoms with Crippen molar-refractivity contribution in [2.75, 3.05) is 13.2 Å². The lowest BCUT2D eigenvalue weighted by Gasteiger charge is -2.29. The molecule has 182 valence electrons. The molecule has 0 saturated heterocycles. The summed E-state index contributed by atoms with van der Waals surface area (Å²) < 4.78 is 7.27. The molecule has 8 heteroatoms. The highest BCUT2D eigenvalue weighted by Crippen LogP contribution is 2.25. The number of benzene rings is 3. The zero-order valence-electron chi connectivity index (χ0n) is 19.8. The van der Waals surface area contributed by atoms with E-state index in [0.717, 1.165) is 10.8 Å². The number of nitrogens with zero attached hydrogens (tertiary/aromatic N) is 2. The molecule has 0 saturated carbocycles. The smallest absolute Gasteiger partial charge is 0.328 e. The number of para-hydroxylation sites is 1. The van der Waals surface area contributed by atoms with Crippen molar-refractivity contribution in [3.05, 3.63) is 87.6 Å². The first-order chi connectivity index (χ1) is 16.8. The van der Waals surface area contributed by atoms with E-state index in [1.54, 1.807) is 29.2 Å². The summed E-state index contributed by atoms with van der Waals surface area (Å²) in [4.78, 5) is 41.4. The number of amides is 1. The van der Waals surface area contributed by atoms with Crippen molar-refractivity contribution in [2.24, 2.45) is 0 Å². The predicted molar refractivity (Wildman–Crippen MR) is 136 cm³/mol. The Hall–Kier alpha value is -3.91. The second-order valence-corrected chi connectivity index (χ2v) is 8.76. The number of carbonyl (C=O) groups excluding carboxylic acids is 1. The lowest BCUT2D eigenvalue weighted by Crippen LogP contribution is -2.44. The fraction of sp³-hybridized carbons (Fsp3) is 0.296. The maximum atomic E-state index is 13.0. The van der Waals surface area contributed by atoms with Crippen molar-refractivity contribution >= 4 is 27.6 Å². The van der Waals surface area contributed by atoms with Gasteiger partial charge in [-0.25, -0.2) is 4.79 Å². The average molecular weight is 476 g/mol. The maximum Gasteiger partial charge on any atom is 0.328 e. The van der Waals surface area contributed by atoms with E-state index in [0.29, 0.717) is 16.7 Å². The van der Waals surface area contributed by atoms with E-state index in [1.165, 1.54) is 4.57 Å². The fourth-order valence-corrected chi connectivity index (χ4v) is 4.20. The minimum atomic E-state index is -0.892. The fourth-order valence-electron chi connectivity index (χ4n) is 4.20. The molecule has 8 nitrogen and oxygen atoms in total. The van der Waals surface area contributed by atoms with Gasteiger partial charge in [-0.1, -0.05) is 48.5 Å². The van der Waals surface area contributed by atoms with Crippen LogP contribution in [0.5, 0.6) is 5.75 Å². The monoisotopic (exact) mass is 475 g/mol. The van der Waals surface area contributed by atoms with E-state index in [4.69, 9.17) is 4.74 Å². The van der Waals surface area contributed by atoms with Crippen LogP contribution in [-0.4, -0.2) is 50.8 Å². The van der Waals surface area contributed by atoms with Crippen molar-refractivity contribution in [1.82, 2.24) is 14.5 Å². The van der Waals surface area contributed by atoms with E-state index in [2.05, 4.69) is 4.98 Å². The van der Waals surface area contributed by atoms with Gasteiger partial charge in [-0.2, -0.15) is 0 Å². The number of H-pyrrole nitrogens is 1. The Balaban J connectivity index is 1.41. The second kappa shape index (κ2) is 10.6. The van der Waals surface area contributed by atoms with Crippen LogP contribution >= 0.6 is 0 Å². The van der Waals surface area contributed by atoms with Crippen molar-refractivity contribution in [2.45, 2.75) is 39.0 Å². The maximum absolute atomic E-state index is 13.0. The zero-order valence-corrected chi connectivity index (χ0v) is 19.8. The third-order valence-corrected chi connectivity index (χ3v) is 5.99. The molecule has 0 aliphatic rings. The van der Waals surface area contributed by atoms with Gasteiger partial charge in [0.1, 0.15) is 18.5 Å². The molecule has 4 aromatic rings. The Kier molecular flexibility index (Phi) is 7.31. The molecular formula is C27H29N3O5. The van der Waals surface area contributed by atoms with Crippen LogP contribution in [0.15, 0.2) is 76.3 Å². The third-order valence-electron chi connectivity index (χ3n) is 5.99. The van der Waals surface area contributed by atoms with Crippen molar-refractivity contribution in [1.29, 1.82) is 0 Å². The van der Waals surface area contributed by atoms with Gasteiger partial charge in [-0.15, -0.1) is 0 Å². The third kappa shape index (κ3) is 5.44. The first-order valence-electron chi connectivity index (χ1n) is 11.6. The van der Waals surface area contributed by atoms with E-state index in [9.17, 15) is 19.5 Å². The first-order valence-corrected chi connectivity index (χ1v) is 11.6. The quantitative estimate of drug-likeness (QED) is 0.387. The molecule has 35 heavy (non-hydrogen) atoms. The molecule has 1 heterocycles. The molecule has 3 aromatic carbocycles. The lowest BCUT2D eigenvalue weighted by molar-refractivity contribution is -0.135. The van der Waals surface area contributed by atoms with Crippen LogP contribution in [0, 0.1) is 0 Å². The van der Waals surface area contributed by atoms with Crippen LogP contribution in [-0.2, 0) is 11.3 Å². The topological polar surface area (TPSA) is 105 Å². The number of aromatic amines is 1. The highest BCUT2D eigenvalue weighted by molar-refractivity contribution is 5.88. The summed E-state index contributed by atoms with van der Waals surface area (Å²) in [6, 6.07) is 20.2. The molecule has 0 spiro atoms. The number of carbonyl (C=O) groups is 1. The summed E-state index contributed by atoms with van der Waals surface area (Å²) in [6.07, 6.45) is -0.845. The number of rotatable bonds is 9. The van der Waals surface area contributed by atoms with Gasteiger partial charge >= 0.3 is 5.69 Å². The summed E-state index contributed by atoms with van der Waals surface area (Å²) >= 11 is 0. The van der Waals surface area contributed by atoms with Gasteiger partial charge < -0.3 is 14.7 Å². The Labute approximate surface area is 202 Å². The number of aliphatic hydroxyl groups is 1. The van der Waals surface area contributed by atoms with Gasteiger partial charge in [0.05, 0.1) is 17.4 Å². The minimum Gasteiger partial charge on any atom is -0.490 e. The summed E-state index contributed by atoms with van der Waals surface area (Å²) in [6.45, 7) is 3.99. The van der Waals surface area contributed by atoms with E-state index < -0.39 is 17.4 Å². The predicted octanol–water partition coefficient (Wildman–Crippen LogP) is 2.91. The molecule has 2 N–H and O–H groups in total. The lowest BCUT2D eigenvalue weighted by atomic mass is 10.1. The minimum absolute atomic E-state index is 0.0362. The van der Waals surface area contributed by atoms with E-state index >= 15 is 0 Å². The van der Waals surface area contributed by atoms with Crippen molar-refractivity contribution in [3.8, 4) is 5.75 Å². The molecule has 0 fully saturated rings. The zero-order chi connectivity index (χ0) is 24.9. The summed E-state index contributed by atoms with van der Waals surface area (Å²) in [5, 5.41) is 13.0. The number of aryl methyl sites for hydroxylation is 1. The number of hydrogen-bond acceptors (Lipinski definition) is 5. The number of nitrogens with one attached hydrogen (secondary N) is 1. The average Bonchev–Trinajstić information content (AvgIpc) is 2.85. The van der Waals surface area contributed by atoms with Gasteiger partial charge in [0, 0.05) is 24.4 Å². The van der Waals surface area contributed by atoms with Gasteiger partial charge in [0.25, 0.3) is 5.56 Å². The Bertz CT molecular complexity index is 1450. The van der Waals surface area contributed by atoms with Crippen LogP contribution in [0.1, 0.15) is 20.3 Å². The van der Waals surface area contributed by atoms with Crippen LogP contribution < -0.4 is 16.0 Å². The number of aromatic nitrogens is 2. The van der Waals surface area contributed by atoms with Crippen LogP contribution in [0.25, 0.3) is 21.7 Å². The molecule has 4 rings (SSSR count). The van der Waals surface area contributed by atoms with Gasteiger partial charge in [0.15, 0.2) is 0 Å². The first kappa shape index (κ1) is 24.2. The standard InChI is InChI=1S/C27H29N3O5/c1-18(2)30(16-20(31)17-35-24-13-7-9-19-8-3-4-10-21(19)24)25(32)14-15-29-23-12-6-5-11-22(23)26(33)28-27(29)34/h3-13,18,20,31H,14-17H2,1-2H3,(H,28,33,34)/t20-/m0/s1. The van der Waals surface area contributed by atoms with Crippen LogP contribution in [0.4, 0.5) is 0 Å². The van der Waals surface area contributed by atoms with E-state index in [1.807, 2.05) is 56.3 Å². The Morgan fingerprint density at radius 3 is 2.46 bits per heavy atom. The Morgan fingerprint density at radius 2 is 1.69 bits per heavy atom. The van der Waals surface area contributed by atoms with Gasteiger partial charge in [-0.05, 0) is 37.4 Å². The molecule has 0 aliphatic carbocycles. The second-order valence-electron chi connectivity index (χ2n) is 8.76. The molecule has 0 radical (unpaired) electrons. The van der Waals surface area contributed by atoms with Crippen molar-refractivity contribution < 1.29 is 14.6 Å². The molecule has 0 unspecified atom stereocenters. The number of ether oxygens (including phenoxy) is 1. The Morgan fingerprint density at radius 1 is 1.00 bits per heavy atom. The van der Waals surface area contributed by atoms with Crippen molar-refractivity contribution in [3.63, 3.8) is 0 Å². The van der Waals surface area contributed by atoms with Crippen LogP contribution in [0.2, 0.25) is 0 Å². The largest absolute Gasteiger partial charge is 0.490 e. The summed E-state index contributed by atoms with van der Waals surface area (Å²) in [5.41, 5.74) is -0.527. The highest BCUT2D eigenvalue weighted by Gasteiger charge is 2.21. The molecule has 0 bridgehead atoms. The molecule has 1 aromatic heterocycles. The number of aliphatic hydroxyl groups excluding tert-OH is 1.